The fourth-order valence-corrected chi connectivity index (χ4v) is 3.52. The SMILES string of the molecule is CCC(CCCCC1CCO1)OC(CC)CCCCC1CCO1. The zero-order chi connectivity index (χ0) is 16.3. The van der Waals surface area contributed by atoms with Crippen LogP contribution in [0.1, 0.15) is 90.9 Å². The van der Waals surface area contributed by atoms with Crippen LogP contribution in [0.5, 0.6) is 0 Å². The first-order valence-electron chi connectivity index (χ1n) is 10.2. The molecule has 0 aliphatic carbocycles. The molecule has 23 heavy (non-hydrogen) atoms. The molecule has 3 heteroatoms. The maximum Gasteiger partial charge on any atom is 0.0597 e. The first-order valence-corrected chi connectivity index (χ1v) is 10.2. The lowest BCUT2D eigenvalue weighted by Gasteiger charge is -2.27. The van der Waals surface area contributed by atoms with E-state index in [-0.39, 0.29) is 0 Å². The van der Waals surface area contributed by atoms with Crippen LogP contribution >= 0.6 is 0 Å². The van der Waals surface area contributed by atoms with E-state index in [2.05, 4.69) is 13.8 Å². The molecule has 2 fully saturated rings. The minimum atomic E-state index is 0.456. The van der Waals surface area contributed by atoms with Gasteiger partial charge in [0.05, 0.1) is 24.4 Å². The molecule has 0 bridgehead atoms. The molecule has 2 aliphatic heterocycles. The van der Waals surface area contributed by atoms with Crippen molar-refractivity contribution >= 4 is 0 Å². The molecule has 2 saturated heterocycles. The highest BCUT2D eigenvalue weighted by atomic mass is 16.5. The molecule has 0 spiro atoms. The first-order chi connectivity index (χ1) is 11.3. The van der Waals surface area contributed by atoms with E-state index in [0.29, 0.717) is 24.4 Å². The van der Waals surface area contributed by atoms with Gasteiger partial charge in [-0.1, -0.05) is 39.5 Å². The van der Waals surface area contributed by atoms with Gasteiger partial charge < -0.3 is 14.2 Å². The summed E-state index contributed by atoms with van der Waals surface area (Å²) < 4.78 is 17.4. The maximum atomic E-state index is 6.38. The Bertz CT molecular complexity index is 259. The Hall–Kier alpha value is -0.120. The summed E-state index contributed by atoms with van der Waals surface area (Å²) >= 11 is 0. The smallest absolute Gasteiger partial charge is 0.0597 e. The van der Waals surface area contributed by atoms with Crippen LogP contribution < -0.4 is 0 Å². The molecule has 0 amide bonds. The molecule has 4 atom stereocenters. The Morgan fingerprint density at radius 3 is 1.52 bits per heavy atom. The summed E-state index contributed by atoms with van der Waals surface area (Å²) in [7, 11) is 0. The van der Waals surface area contributed by atoms with Crippen LogP contribution in [0, 0.1) is 0 Å². The average molecular weight is 327 g/mol. The van der Waals surface area contributed by atoms with Crippen molar-refractivity contribution in [3.63, 3.8) is 0 Å². The second-order valence-electron chi connectivity index (χ2n) is 7.33. The van der Waals surface area contributed by atoms with Crippen molar-refractivity contribution < 1.29 is 14.2 Å². The summed E-state index contributed by atoms with van der Waals surface area (Å²) in [6, 6.07) is 0. The van der Waals surface area contributed by atoms with Crippen LogP contribution in [0.3, 0.4) is 0 Å². The normalized spacial score (nSPS) is 26.3. The van der Waals surface area contributed by atoms with E-state index in [0.717, 1.165) is 26.1 Å². The van der Waals surface area contributed by atoms with E-state index < -0.39 is 0 Å². The number of rotatable bonds is 14. The van der Waals surface area contributed by atoms with E-state index in [1.54, 1.807) is 0 Å². The summed E-state index contributed by atoms with van der Waals surface area (Å²) in [6.07, 6.45) is 17.0. The van der Waals surface area contributed by atoms with Crippen LogP contribution in [0.2, 0.25) is 0 Å². The third-order valence-corrected chi connectivity index (χ3v) is 5.49. The lowest BCUT2D eigenvalue weighted by atomic mass is 10.0. The Morgan fingerprint density at radius 1 is 0.783 bits per heavy atom. The van der Waals surface area contributed by atoms with Gasteiger partial charge in [0.15, 0.2) is 0 Å². The molecule has 0 saturated carbocycles. The number of ether oxygens (including phenoxy) is 3. The van der Waals surface area contributed by atoms with E-state index >= 15 is 0 Å². The molecule has 3 nitrogen and oxygen atoms in total. The van der Waals surface area contributed by atoms with Gasteiger partial charge in [0.2, 0.25) is 0 Å². The first kappa shape index (κ1) is 19.2. The molecule has 0 radical (unpaired) electrons. The standard InChI is InChI=1S/C20H38O3/c1-3-17(9-5-7-11-19-13-15-21-19)23-18(4-2)10-6-8-12-20-14-16-22-20/h17-20H,3-16H2,1-2H3. The van der Waals surface area contributed by atoms with Crippen LogP contribution in [-0.4, -0.2) is 37.6 Å². The predicted molar refractivity (Wildman–Crippen MR) is 94.9 cm³/mol. The quantitative estimate of drug-likeness (QED) is 0.408. The van der Waals surface area contributed by atoms with Crippen LogP contribution in [0.4, 0.5) is 0 Å². The fraction of sp³-hybridized carbons (Fsp3) is 1.00. The summed E-state index contributed by atoms with van der Waals surface area (Å²) in [5, 5.41) is 0. The van der Waals surface area contributed by atoms with Gasteiger partial charge in [-0.05, 0) is 51.4 Å². The molecule has 0 aromatic rings. The Labute approximate surface area is 143 Å². The average Bonchev–Trinajstić information content (AvgIpc) is 2.47. The summed E-state index contributed by atoms with van der Waals surface area (Å²) in [6.45, 7) is 6.49. The highest BCUT2D eigenvalue weighted by Gasteiger charge is 2.19. The molecular formula is C20H38O3. The molecule has 2 aliphatic rings. The van der Waals surface area contributed by atoms with Crippen molar-refractivity contribution in [3.05, 3.63) is 0 Å². The number of unbranched alkanes of at least 4 members (excludes halogenated alkanes) is 2. The molecule has 0 aromatic heterocycles. The minimum Gasteiger partial charge on any atom is -0.378 e. The molecule has 4 unspecified atom stereocenters. The van der Waals surface area contributed by atoms with Gasteiger partial charge in [0.1, 0.15) is 0 Å². The maximum absolute atomic E-state index is 6.38. The van der Waals surface area contributed by atoms with E-state index in [9.17, 15) is 0 Å². The lowest BCUT2D eigenvalue weighted by Crippen LogP contribution is -2.27. The highest BCUT2D eigenvalue weighted by Crippen LogP contribution is 2.22. The van der Waals surface area contributed by atoms with Gasteiger partial charge >= 0.3 is 0 Å². The molecule has 136 valence electrons. The predicted octanol–water partition coefficient (Wildman–Crippen LogP) is 5.26. The third kappa shape index (κ3) is 7.53. The number of hydrogen-bond acceptors (Lipinski definition) is 3. The Balaban J connectivity index is 1.50. The van der Waals surface area contributed by atoms with Crippen molar-refractivity contribution in [2.75, 3.05) is 13.2 Å². The van der Waals surface area contributed by atoms with Gasteiger partial charge in [0.25, 0.3) is 0 Å². The van der Waals surface area contributed by atoms with Crippen LogP contribution in [0.15, 0.2) is 0 Å². The van der Waals surface area contributed by atoms with Crippen molar-refractivity contribution in [2.24, 2.45) is 0 Å². The topological polar surface area (TPSA) is 27.7 Å². The van der Waals surface area contributed by atoms with Crippen molar-refractivity contribution in [1.82, 2.24) is 0 Å². The van der Waals surface area contributed by atoms with Crippen LogP contribution in [0.25, 0.3) is 0 Å². The molecule has 2 rings (SSSR count). The van der Waals surface area contributed by atoms with Gasteiger partial charge in [-0.25, -0.2) is 0 Å². The fourth-order valence-electron chi connectivity index (χ4n) is 3.52. The van der Waals surface area contributed by atoms with Crippen LogP contribution in [-0.2, 0) is 14.2 Å². The lowest BCUT2D eigenvalue weighted by molar-refractivity contribution is -0.0586. The molecule has 0 N–H and O–H groups in total. The van der Waals surface area contributed by atoms with Gasteiger partial charge in [-0.3, -0.25) is 0 Å². The Kier molecular flexibility index (Phi) is 9.55. The van der Waals surface area contributed by atoms with Gasteiger partial charge in [-0.2, -0.15) is 0 Å². The summed E-state index contributed by atoms with van der Waals surface area (Å²) in [5.74, 6) is 0. The highest BCUT2D eigenvalue weighted by molar-refractivity contribution is 4.69. The zero-order valence-electron chi connectivity index (χ0n) is 15.4. The third-order valence-electron chi connectivity index (χ3n) is 5.49. The second kappa shape index (κ2) is 11.4. The Morgan fingerprint density at radius 2 is 1.22 bits per heavy atom. The van der Waals surface area contributed by atoms with Crippen molar-refractivity contribution in [2.45, 2.75) is 115 Å². The monoisotopic (exact) mass is 326 g/mol. The van der Waals surface area contributed by atoms with E-state index in [4.69, 9.17) is 14.2 Å². The second-order valence-corrected chi connectivity index (χ2v) is 7.33. The van der Waals surface area contributed by atoms with E-state index in [1.807, 2.05) is 0 Å². The molecule has 2 heterocycles. The van der Waals surface area contributed by atoms with Gasteiger partial charge in [-0.15, -0.1) is 0 Å². The zero-order valence-corrected chi connectivity index (χ0v) is 15.4. The minimum absolute atomic E-state index is 0.456. The largest absolute Gasteiger partial charge is 0.378 e. The van der Waals surface area contributed by atoms with Crippen molar-refractivity contribution in [3.8, 4) is 0 Å². The summed E-state index contributed by atoms with van der Waals surface area (Å²) in [5.41, 5.74) is 0. The van der Waals surface area contributed by atoms with E-state index in [1.165, 1.54) is 64.2 Å². The summed E-state index contributed by atoms with van der Waals surface area (Å²) in [4.78, 5) is 0. The number of hydrogen-bond donors (Lipinski definition) is 0. The van der Waals surface area contributed by atoms with Crippen molar-refractivity contribution in [1.29, 1.82) is 0 Å². The molecule has 0 aromatic carbocycles. The van der Waals surface area contributed by atoms with Gasteiger partial charge in [0, 0.05) is 13.2 Å². The molecular weight excluding hydrogens is 288 g/mol.